The highest BCUT2D eigenvalue weighted by Gasteiger charge is 2.19. The molecule has 1 atom stereocenters. The number of carbonyl (C=O) groups excluding carboxylic acids is 1. The molecular formula is C12H19NO3Si. The van der Waals surface area contributed by atoms with Gasteiger partial charge in [-0.3, -0.25) is 4.79 Å². The summed E-state index contributed by atoms with van der Waals surface area (Å²) >= 11 is 0. The first-order chi connectivity index (χ1) is 7.99. The Morgan fingerprint density at radius 3 is 2.53 bits per heavy atom. The largest absolute Gasteiger partial charge is 0.466 e. The molecule has 0 unspecified atom stereocenters. The van der Waals surface area contributed by atoms with Crippen LogP contribution in [0.25, 0.3) is 0 Å². The van der Waals surface area contributed by atoms with E-state index in [1.807, 2.05) is 24.3 Å². The van der Waals surface area contributed by atoms with Gasteiger partial charge in [-0.15, -0.1) is 0 Å². The van der Waals surface area contributed by atoms with Gasteiger partial charge in [-0.1, -0.05) is 24.3 Å². The fraction of sp³-hybridized carbons (Fsp3) is 0.417. The van der Waals surface area contributed by atoms with Gasteiger partial charge in [-0.25, -0.2) is 0 Å². The highest BCUT2D eigenvalue weighted by Crippen LogP contribution is 2.15. The van der Waals surface area contributed by atoms with Crippen LogP contribution in [0.15, 0.2) is 24.3 Å². The summed E-state index contributed by atoms with van der Waals surface area (Å²) in [5.41, 5.74) is 7.75. The van der Waals surface area contributed by atoms with E-state index in [0.717, 1.165) is 11.1 Å². The number of rotatable bonds is 5. The predicted molar refractivity (Wildman–Crippen MR) is 69.7 cm³/mol. The average Bonchev–Trinajstić information content (AvgIpc) is 2.30. The van der Waals surface area contributed by atoms with Crippen molar-refractivity contribution in [3.8, 4) is 0 Å². The van der Waals surface area contributed by atoms with Crippen LogP contribution < -0.4 is 5.73 Å². The van der Waals surface area contributed by atoms with Crippen molar-refractivity contribution < 1.29 is 14.6 Å². The summed E-state index contributed by atoms with van der Waals surface area (Å²) in [6.45, 7) is 2.12. The van der Waals surface area contributed by atoms with Gasteiger partial charge in [0.2, 0.25) is 0 Å². The molecular weight excluding hydrogens is 234 g/mol. The SMILES string of the molecule is CCOC(=O)Cc1ccc([C@](N)([SiH3])CO)cc1. The molecule has 0 amide bonds. The molecule has 0 bridgehead atoms. The molecule has 0 aromatic heterocycles. The second-order valence-electron chi connectivity index (χ2n) is 4.25. The number of hydrogen-bond acceptors (Lipinski definition) is 4. The van der Waals surface area contributed by atoms with Crippen LogP contribution >= 0.6 is 0 Å². The van der Waals surface area contributed by atoms with Gasteiger partial charge in [0.05, 0.1) is 19.6 Å². The summed E-state index contributed by atoms with van der Waals surface area (Å²) < 4.78 is 4.87. The van der Waals surface area contributed by atoms with Crippen LogP contribution in [0.2, 0.25) is 0 Å². The molecule has 0 radical (unpaired) electrons. The van der Waals surface area contributed by atoms with E-state index in [1.165, 1.54) is 0 Å². The zero-order valence-electron chi connectivity index (χ0n) is 10.3. The number of aliphatic hydroxyl groups excluding tert-OH is 1. The monoisotopic (exact) mass is 253 g/mol. The molecule has 1 aromatic rings. The third-order valence-electron chi connectivity index (χ3n) is 2.60. The number of hydrogen-bond donors (Lipinski definition) is 2. The number of ether oxygens (including phenoxy) is 1. The van der Waals surface area contributed by atoms with Crippen molar-refractivity contribution in [1.29, 1.82) is 0 Å². The molecule has 1 rings (SSSR count). The molecule has 0 aliphatic rings. The molecule has 4 nitrogen and oxygen atoms in total. The van der Waals surface area contributed by atoms with E-state index in [0.29, 0.717) is 16.8 Å². The van der Waals surface area contributed by atoms with Crippen LogP contribution in [0, 0.1) is 0 Å². The van der Waals surface area contributed by atoms with E-state index >= 15 is 0 Å². The van der Waals surface area contributed by atoms with E-state index in [4.69, 9.17) is 15.6 Å². The predicted octanol–water partition coefficient (Wildman–Crippen LogP) is -0.739. The maximum Gasteiger partial charge on any atom is 0.310 e. The van der Waals surface area contributed by atoms with Gasteiger partial charge in [0.15, 0.2) is 0 Å². The molecule has 0 aliphatic carbocycles. The minimum Gasteiger partial charge on any atom is -0.466 e. The smallest absolute Gasteiger partial charge is 0.310 e. The molecule has 0 aliphatic heterocycles. The van der Waals surface area contributed by atoms with Crippen molar-refractivity contribution in [2.24, 2.45) is 5.73 Å². The molecule has 94 valence electrons. The number of carbonyl (C=O) groups is 1. The lowest BCUT2D eigenvalue weighted by Gasteiger charge is -2.22. The van der Waals surface area contributed by atoms with Gasteiger partial charge in [0.1, 0.15) is 0 Å². The Bertz CT molecular complexity index is 376. The Kier molecular flexibility index (Phi) is 4.86. The van der Waals surface area contributed by atoms with Crippen molar-refractivity contribution in [3.63, 3.8) is 0 Å². The molecule has 17 heavy (non-hydrogen) atoms. The summed E-state index contributed by atoms with van der Waals surface area (Å²) in [7, 11) is 0.670. The van der Waals surface area contributed by atoms with Crippen LogP contribution in [0.3, 0.4) is 0 Å². The van der Waals surface area contributed by atoms with Gasteiger partial charge in [0.25, 0.3) is 0 Å². The van der Waals surface area contributed by atoms with E-state index < -0.39 is 5.16 Å². The van der Waals surface area contributed by atoms with Crippen LogP contribution in [-0.2, 0) is 21.1 Å². The summed E-state index contributed by atoms with van der Waals surface area (Å²) in [6, 6.07) is 7.42. The molecule has 0 spiro atoms. The first kappa shape index (κ1) is 13.9. The van der Waals surface area contributed by atoms with E-state index in [-0.39, 0.29) is 19.0 Å². The van der Waals surface area contributed by atoms with E-state index in [1.54, 1.807) is 6.92 Å². The second kappa shape index (κ2) is 5.95. The Morgan fingerprint density at radius 1 is 1.47 bits per heavy atom. The zero-order valence-corrected chi connectivity index (χ0v) is 12.3. The summed E-state index contributed by atoms with van der Waals surface area (Å²) in [6.07, 6.45) is 0.270. The third-order valence-corrected chi connectivity index (χ3v) is 3.49. The van der Waals surface area contributed by atoms with Gasteiger partial charge in [-0.2, -0.15) is 0 Å². The first-order valence-corrected chi connectivity index (χ1v) is 6.64. The Morgan fingerprint density at radius 2 is 2.06 bits per heavy atom. The fourth-order valence-corrected chi connectivity index (χ4v) is 1.81. The minimum absolute atomic E-state index is 0.0591. The molecule has 5 heteroatoms. The Balaban J connectivity index is 2.72. The minimum atomic E-state index is -0.609. The maximum atomic E-state index is 11.3. The average molecular weight is 253 g/mol. The van der Waals surface area contributed by atoms with E-state index in [2.05, 4.69) is 0 Å². The van der Waals surface area contributed by atoms with Crippen molar-refractivity contribution in [2.45, 2.75) is 18.5 Å². The van der Waals surface area contributed by atoms with Gasteiger partial charge < -0.3 is 15.6 Å². The Hall–Kier alpha value is -1.17. The number of nitrogens with two attached hydrogens (primary N) is 1. The molecule has 0 fully saturated rings. The molecule has 1 aromatic carbocycles. The van der Waals surface area contributed by atoms with Gasteiger partial charge in [-0.05, 0) is 18.1 Å². The fourth-order valence-electron chi connectivity index (χ4n) is 1.47. The lowest BCUT2D eigenvalue weighted by Crippen LogP contribution is -2.40. The molecule has 0 heterocycles. The van der Waals surface area contributed by atoms with Crippen LogP contribution in [0.1, 0.15) is 18.1 Å². The Labute approximate surface area is 104 Å². The summed E-state index contributed by atoms with van der Waals surface area (Å²) in [5, 5.41) is 8.56. The van der Waals surface area contributed by atoms with Gasteiger partial charge in [0, 0.05) is 15.4 Å². The maximum absolute atomic E-state index is 11.3. The van der Waals surface area contributed by atoms with Crippen molar-refractivity contribution in [3.05, 3.63) is 35.4 Å². The topological polar surface area (TPSA) is 72.5 Å². The summed E-state index contributed by atoms with van der Waals surface area (Å²) in [4.78, 5) is 11.3. The second-order valence-corrected chi connectivity index (χ2v) is 6.04. The lowest BCUT2D eigenvalue weighted by molar-refractivity contribution is -0.142. The van der Waals surface area contributed by atoms with Crippen molar-refractivity contribution in [2.75, 3.05) is 13.2 Å². The van der Waals surface area contributed by atoms with E-state index in [9.17, 15) is 4.79 Å². The number of esters is 1. The van der Waals surface area contributed by atoms with Gasteiger partial charge >= 0.3 is 5.97 Å². The molecule has 0 saturated carbocycles. The third kappa shape index (κ3) is 3.96. The zero-order chi connectivity index (χ0) is 12.9. The molecule has 0 saturated heterocycles. The van der Waals surface area contributed by atoms with Crippen LogP contribution in [0.5, 0.6) is 0 Å². The highest BCUT2D eigenvalue weighted by molar-refractivity contribution is 6.15. The lowest BCUT2D eigenvalue weighted by atomic mass is 10.0. The van der Waals surface area contributed by atoms with Crippen LogP contribution in [-0.4, -0.2) is 34.5 Å². The summed E-state index contributed by atoms with van der Waals surface area (Å²) in [5.74, 6) is -0.229. The van der Waals surface area contributed by atoms with Crippen molar-refractivity contribution in [1.82, 2.24) is 0 Å². The quantitative estimate of drug-likeness (QED) is 0.535. The molecule has 3 N–H and O–H groups in total. The van der Waals surface area contributed by atoms with Crippen molar-refractivity contribution >= 4 is 16.2 Å². The highest BCUT2D eigenvalue weighted by atomic mass is 28.1. The first-order valence-electron chi connectivity index (χ1n) is 5.64. The van der Waals surface area contributed by atoms with Crippen LogP contribution in [0.4, 0.5) is 0 Å². The normalized spacial score (nSPS) is 14.3. The standard InChI is InChI=1S/C12H19NO3Si/c1-2-16-11(15)7-9-3-5-10(6-4-9)12(13,17)8-14/h3-6,14H,2,7-8,13H2,1,17H3/t12-/m1/s1. The number of aliphatic hydroxyl groups is 1. The number of benzene rings is 1.